The van der Waals surface area contributed by atoms with Crippen LogP contribution in [0, 0.1) is 17.8 Å². The number of amides is 1. The van der Waals surface area contributed by atoms with Crippen LogP contribution < -0.4 is 0 Å². The van der Waals surface area contributed by atoms with Gasteiger partial charge >= 0.3 is 0 Å². The molecular weight excluding hydrogens is 500 g/mol. The maximum atomic E-state index is 14.4. The summed E-state index contributed by atoms with van der Waals surface area (Å²) in [6.45, 7) is 17.5. The Hall–Kier alpha value is -2.42. The summed E-state index contributed by atoms with van der Waals surface area (Å²) >= 11 is 0. The molecule has 0 radical (unpaired) electrons. The van der Waals surface area contributed by atoms with Crippen LogP contribution in [0.2, 0.25) is 0 Å². The molecule has 0 aliphatic rings. The molecule has 41 heavy (non-hydrogen) atoms. The molecule has 1 amide bonds. The van der Waals surface area contributed by atoms with Crippen LogP contribution in [0.15, 0.2) is 59.6 Å². The Morgan fingerprint density at radius 2 is 1.29 bits per heavy atom. The number of benzene rings is 2. The highest BCUT2D eigenvalue weighted by molar-refractivity contribution is 5.84. The molecule has 0 saturated carbocycles. The van der Waals surface area contributed by atoms with Crippen LogP contribution in [-0.2, 0) is 17.6 Å². The van der Waals surface area contributed by atoms with Crippen molar-refractivity contribution in [3.8, 4) is 0 Å². The van der Waals surface area contributed by atoms with Crippen LogP contribution in [0.4, 0.5) is 0 Å². The Morgan fingerprint density at radius 1 is 0.756 bits per heavy atom. The van der Waals surface area contributed by atoms with Crippen molar-refractivity contribution in [2.45, 2.75) is 125 Å². The number of unbranched alkanes of at least 4 members (excludes halogenated alkanes) is 2. The maximum absolute atomic E-state index is 14.4. The first-order valence-electron chi connectivity index (χ1n) is 16.8. The van der Waals surface area contributed by atoms with Crippen molar-refractivity contribution in [3.05, 3.63) is 71.3 Å². The zero-order valence-electron chi connectivity index (χ0n) is 27.4. The van der Waals surface area contributed by atoms with Crippen molar-refractivity contribution in [1.82, 2.24) is 4.90 Å². The molecule has 0 N–H and O–H groups in total. The van der Waals surface area contributed by atoms with E-state index in [9.17, 15) is 4.79 Å². The molecule has 0 aliphatic heterocycles. The van der Waals surface area contributed by atoms with E-state index in [1.165, 1.54) is 55.2 Å². The topological polar surface area (TPSA) is 32.7 Å². The maximum Gasteiger partial charge on any atom is 0.247 e. The van der Waals surface area contributed by atoms with E-state index in [-0.39, 0.29) is 17.9 Å². The summed E-state index contributed by atoms with van der Waals surface area (Å²) in [4.78, 5) is 21.7. The van der Waals surface area contributed by atoms with Gasteiger partial charge in [0, 0.05) is 25.7 Å². The second-order valence-electron chi connectivity index (χ2n) is 12.7. The van der Waals surface area contributed by atoms with Crippen molar-refractivity contribution in [2.24, 2.45) is 22.7 Å². The first kappa shape index (κ1) is 34.8. The zero-order valence-corrected chi connectivity index (χ0v) is 27.4. The van der Waals surface area contributed by atoms with Crippen molar-refractivity contribution in [2.75, 3.05) is 13.1 Å². The van der Waals surface area contributed by atoms with Crippen LogP contribution in [0.25, 0.3) is 0 Å². The number of nitrogens with zero attached hydrogens (tertiary/aromatic N) is 2. The van der Waals surface area contributed by atoms with E-state index in [0.717, 1.165) is 32.4 Å². The molecule has 228 valence electrons. The molecule has 3 heteroatoms. The molecule has 3 unspecified atom stereocenters. The van der Waals surface area contributed by atoms with Gasteiger partial charge in [0.15, 0.2) is 0 Å². The van der Waals surface area contributed by atoms with Crippen LogP contribution >= 0.6 is 0 Å². The smallest absolute Gasteiger partial charge is 0.247 e. The third-order valence-electron chi connectivity index (χ3n) is 8.64. The quantitative estimate of drug-likeness (QED) is 0.148. The van der Waals surface area contributed by atoms with Crippen LogP contribution in [0.1, 0.15) is 122 Å². The number of carbonyl (C=O) groups is 1. The highest BCUT2D eigenvalue weighted by Crippen LogP contribution is 2.22. The minimum atomic E-state index is -0.379. The standard InChI is InChI=1S/C38H60N2O/c1-8-12-17-32(10-3)28-40(29-33(11-4)18-13-9-2)38(41)37(26-34-19-15-14-16-20-34)39-27-31(7)25-35-21-23-36(24-22-35)30(5)6/h14-16,19-24,27,30-33,37H,8-13,17-18,25-26,28-29H2,1-7H3/t31?,32?,33?,37-/m0/s1. The minimum absolute atomic E-state index is 0.212. The lowest BCUT2D eigenvalue weighted by Gasteiger charge is -2.32. The lowest BCUT2D eigenvalue weighted by Crippen LogP contribution is -2.44. The third-order valence-corrected chi connectivity index (χ3v) is 8.64. The van der Waals surface area contributed by atoms with E-state index >= 15 is 0 Å². The fraction of sp³-hybridized carbons (Fsp3) is 0.632. The molecule has 4 atom stereocenters. The van der Waals surface area contributed by atoms with Gasteiger partial charge in [0.25, 0.3) is 0 Å². The second kappa shape index (κ2) is 19.7. The molecule has 2 aromatic carbocycles. The summed E-state index contributed by atoms with van der Waals surface area (Å²) < 4.78 is 0. The molecule has 0 aliphatic carbocycles. The molecule has 0 fully saturated rings. The number of aliphatic imine (C=N–C) groups is 1. The van der Waals surface area contributed by atoms with Crippen LogP contribution in [0.5, 0.6) is 0 Å². The SMILES string of the molecule is CCCCC(CC)CN(CC(CC)CCCC)C(=O)[C@H](Cc1ccccc1)N=CC(C)Cc1ccc(C(C)C)cc1. The fourth-order valence-corrected chi connectivity index (χ4v) is 5.68. The molecule has 2 aromatic rings. The Labute approximate surface area is 253 Å². The van der Waals surface area contributed by atoms with Gasteiger partial charge in [-0.2, -0.15) is 0 Å². The number of rotatable bonds is 20. The number of carbonyl (C=O) groups excluding carboxylic acids is 1. The zero-order chi connectivity index (χ0) is 30.0. The Morgan fingerprint density at radius 3 is 1.78 bits per heavy atom. The monoisotopic (exact) mass is 560 g/mol. The molecule has 2 rings (SSSR count). The summed E-state index contributed by atoms with van der Waals surface area (Å²) in [7, 11) is 0. The van der Waals surface area contributed by atoms with Gasteiger partial charge in [0.1, 0.15) is 6.04 Å². The minimum Gasteiger partial charge on any atom is -0.340 e. The molecule has 0 spiro atoms. The lowest BCUT2D eigenvalue weighted by atomic mass is 9.94. The fourth-order valence-electron chi connectivity index (χ4n) is 5.68. The summed E-state index contributed by atoms with van der Waals surface area (Å²) in [5.74, 6) is 2.12. The molecule has 3 nitrogen and oxygen atoms in total. The third kappa shape index (κ3) is 13.0. The normalized spacial score (nSPS) is 14.7. The van der Waals surface area contributed by atoms with Crippen molar-refractivity contribution in [1.29, 1.82) is 0 Å². The van der Waals surface area contributed by atoms with E-state index in [0.29, 0.717) is 24.2 Å². The van der Waals surface area contributed by atoms with Gasteiger partial charge in [0.05, 0.1) is 0 Å². The lowest BCUT2D eigenvalue weighted by molar-refractivity contribution is -0.134. The molecule has 0 bridgehead atoms. The van der Waals surface area contributed by atoms with Gasteiger partial charge < -0.3 is 4.90 Å². The number of hydrogen-bond acceptors (Lipinski definition) is 2. The second-order valence-corrected chi connectivity index (χ2v) is 12.7. The Bertz CT molecular complexity index is 963. The van der Waals surface area contributed by atoms with E-state index in [4.69, 9.17) is 4.99 Å². The van der Waals surface area contributed by atoms with Crippen LogP contribution in [-0.4, -0.2) is 36.2 Å². The first-order chi connectivity index (χ1) is 19.8. The van der Waals surface area contributed by atoms with Gasteiger partial charge in [-0.05, 0) is 59.6 Å². The van der Waals surface area contributed by atoms with Gasteiger partial charge in [0.2, 0.25) is 5.91 Å². The molecule has 0 heterocycles. The summed E-state index contributed by atoms with van der Waals surface area (Å²) in [6.07, 6.45) is 13.1. The van der Waals surface area contributed by atoms with Crippen LogP contribution in [0.3, 0.4) is 0 Å². The van der Waals surface area contributed by atoms with Gasteiger partial charge in [-0.1, -0.05) is 142 Å². The van der Waals surface area contributed by atoms with E-state index in [1.807, 2.05) is 6.07 Å². The molecule has 0 aromatic heterocycles. The highest BCUT2D eigenvalue weighted by Gasteiger charge is 2.27. The van der Waals surface area contributed by atoms with Gasteiger partial charge in [-0.25, -0.2) is 0 Å². The van der Waals surface area contributed by atoms with Crippen molar-refractivity contribution in [3.63, 3.8) is 0 Å². The van der Waals surface area contributed by atoms with E-state index in [1.54, 1.807) is 0 Å². The molecule has 0 saturated heterocycles. The predicted molar refractivity (Wildman–Crippen MR) is 179 cm³/mol. The number of hydrogen-bond donors (Lipinski definition) is 0. The van der Waals surface area contributed by atoms with Gasteiger partial charge in [-0.15, -0.1) is 0 Å². The first-order valence-corrected chi connectivity index (χ1v) is 16.8. The van der Waals surface area contributed by atoms with E-state index in [2.05, 4.69) is 108 Å². The van der Waals surface area contributed by atoms with Crippen molar-refractivity contribution < 1.29 is 4.79 Å². The Balaban J connectivity index is 2.29. The summed E-state index contributed by atoms with van der Waals surface area (Å²) in [6, 6.07) is 19.0. The summed E-state index contributed by atoms with van der Waals surface area (Å²) in [5, 5.41) is 0. The largest absolute Gasteiger partial charge is 0.340 e. The average Bonchev–Trinajstić information content (AvgIpc) is 2.98. The van der Waals surface area contributed by atoms with Crippen molar-refractivity contribution >= 4 is 12.1 Å². The average molecular weight is 561 g/mol. The highest BCUT2D eigenvalue weighted by atomic mass is 16.2. The summed E-state index contributed by atoms with van der Waals surface area (Å²) in [5.41, 5.74) is 3.87. The predicted octanol–water partition coefficient (Wildman–Crippen LogP) is 9.93. The Kier molecular flexibility index (Phi) is 16.7. The van der Waals surface area contributed by atoms with E-state index < -0.39 is 0 Å². The van der Waals surface area contributed by atoms with Gasteiger partial charge in [-0.3, -0.25) is 9.79 Å². The molecular formula is C38H60N2O.